The number of carbonyl (C=O) groups is 1. The van der Waals surface area contributed by atoms with Gasteiger partial charge >= 0.3 is 5.97 Å². The zero-order valence-electron chi connectivity index (χ0n) is 18.6. The Labute approximate surface area is 199 Å². The molecule has 0 atom stereocenters. The van der Waals surface area contributed by atoms with Gasteiger partial charge in [0.15, 0.2) is 5.16 Å². The fraction of sp³-hybridized carbons (Fsp3) is 0.214. The monoisotopic (exact) mass is 456 g/mol. The lowest BCUT2D eigenvalue weighted by Crippen LogP contribution is -2.00. The van der Waals surface area contributed by atoms with Crippen molar-refractivity contribution in [3.63, 3.8) is 0 Å². The average Bonchev–Trinajstić information content (AvgIpc) is 3.27. The van der Waals surface area contributed by atoms with Gasteiger partial charge in [-0.25, -0.2) is 4.98 Å². The molecule has 1 aromatic heterocycles. The summed E-state index contributed by atoms with van der Waals surface area (Å²) in [7, 11) is 0. The Hall–Kier alpha value is -3.31. The zero-order chi connectivity index (χ0) is 22.9. The summed E-state index contributed by atoms with van der Waals surface area (Å²) in [4.78, 5) is 15.4. The summed E-state index contributed by atoms with van der Waals surface area (Å²) in [5.41, 5.74) is 5.93. The fourth-order valence-electron chi connectivity index (χ4n) is 3.81. The van der Waals surface area contributed by atoms with E-state index in [1.54, 1.807) is 11.8 Å². The van der Waals surface area contributed by atoms with Crippen molar-refractivity contribution in [3.8, 4) is 16.9 Å². The van der Waals surface area contributed by atoms with Crippen LogP contribution in [0.5, 0.6) is 0 Å². The van der Waals surface area contributed by atoms with E-state index in [-0.39, 0.29) is 6.42 Å². The summed E-state index contributed by atoms with van der Waals surface area (Å²) in [5.74, 6) is 0.224. The van der Waals surface area contributed by atoms with E-state index >= 15 is 0 Å². The summed E-state index contributed by atoms with van der Waals surface area (Å²) in [6, 6.07) is 29.5. The minimum atomic E-state index is -0.716. The van der Waals surface area contributed by atoms with Gasteiger partial charge in [0, 0.05) is 23.4 Å². The van der Waals surface area contributed by atoms with Crippen molar-refractivity contribution in [2.24, 2.45) is 0 Å². The minimum absolute atomic E-state index is 0.250. The van der Waals surface area contributed by atoms with E-state index in [0.29, 0.717) is 0 Å². The predicted octanol–water partition coefficient (Wildman–Crippen LogP) is 6.67. The molecule has 0 spiro atoms. The van der Waals surface area contributed by atoms with Crippen LogP contribution in [0.25, 0.3) is 16.9 Å². The molecule has 0 unspecified atom stereocenters. The van der Waals surface area contributed by atoms with Crippen LogP contribution < -0.4 is 0 Å². The molecule has 33 heavy (non-hydrogen) atoms. The molecular weight excluding hydrogens is 428 g/mol. The van der Waals surface area contributed by atoms with Gasteiger partial charge in [0.25, 0.3) is 0 Å². The van der Waals surface area contributed by atoms with Crippen LogP contribution in [0.2, 0.25) is 0 Å². The molecular formula is C28H28N2O2S. The second-order valence-electron chi connectivity index (χ2n) is 7.98. The van der Waals surface area contributed by atoms with E-state index in [4.69, 9.17) is 10.1 Å². The number of para-hydroxylation sites is 1. The maximum Gasteiger partial charge on any atom is 0.303 e. The van der Waals surface area contributed by atoms with Gasteiger partial charge in [0.2, 0.25) is 0 Å². The Balaban J connectivity index is 1.40. The van der Waals surface area contributed by atoms with Gasteiger partial charge in [0.1, 0.15) is 0 Å². The van der Waals surface area contributed by atoms with Crippen molar-refractivity contribution in [2.75, 3.05) is 5.75 Å². The minimum Gasteiger partial charge on any atom is -0.481 e. The molecule has 0 amide bonds. The fourth-order valence-corrected chi connectivity index (χ4v) is 4.79. The molecule has 3 aromatic carbocycles. The van der Waals surface area contributed by atoms with Crippen LogP contribution in [0.1, 0.15) is 30.4 Å². The van der Waals surface area contributed by atoms with Gasteiger partial charge in [-0.2, -0.15) is 0 Å². The lowest BCUT2D eigenvalue weighted by atomic mass is 10.0. The molecule has 0 aliphatic rings. The van der Waals surface area contributed by atoms with E-state index < -0.39 is 5.97 Å². The third-order valence-corrected chi connectivity index (χ3v) is 6.52. The van der Waals surface area contributed by atoms with Crippen molar-refractivity contribution in [3.05, 3.63) is 102 Å². The van der Waals surface area contributed by atoms with Crippen LogP contribution >= 0.6 is 11.8 Å². The topological polar surface area (TPSA) is 55.1 Å². The van der Waals surface area contributed by atoms with E-state index in [0.717, 1.165) is 53.5 Å². The summed E-state index contributed by atoms with van der Waals surface area (Å²) in [6.07, 6.45) is 5.75. The number of unbranched alkanes of at least 4 members (excludes halogenated alkanes) is 1. The summed E-state index contributed by atoms with van der Waals surface area (Å²) >= 11 is 1.77. The van der Waals surface area contributed by atoms with Crippen molar-refractivity contribution < 1.29 is 9.90 Å². The molecule has 0 saturated carbocycles. The molecule has 4 rings (SSSR count). The normalized spacial score (nSPS) is 10.9. The molecule has 1 heterocycles. The van der Waals surface area contributed by atoms with Crippen LogP contribution in [0.15, 0.2) is 96.3 Å². The molecule has 1 N–H and O–H groups in total. The number of aromatic nitrogens is 2. The SMILES string of the molecule is O=C(O)CCCCc1ccc(CCSc2ncc(-c3ccccc3)n2-c2ccccc2)cc1. The molecule has 4 aromatic rings. The quantitative estimate of drug-likeness (QED) is 0.202. The Morgan fingerprint density at radius 1 is 0.818 bits per heavy atom. The van der Waals surface area contributed by atoms with Crippen molar-refractivity contribution in [1.29, 1.82) is 0 Å². The van der Waals surface area contributed by atoms with Gasteiger partial charge in [0.05, 0.1) is 11.9 Å². The smallest absolute Gasteiger partial charge is 0.303 e. The first-order valence-corrected chi connectivity index (χ1v) is 12.3. The van der Waals surface area contributed by atoms with Crippen LogP contribution in [0, 0.1) is 0 Å². The summed E-state index contributed by atoms with van der Waals surface area (Å²) < 4.78 is 2.24. The predicted molar refractivity (Wildman–Crippen MR) is 135 cm³/mol. The Morgan fingerprint density at radius 3 is 2.12 bits per heavy atom. The highest BCUT2D eigenvalue weighted by Crippen LogP contribution is 2.30. The molecule has 0 fully saturated rings. The van der Waals surface area contributed by atoms with Gasteiger partial charge < -0.3 is 5.11 Å². The highest BCUT2D eigenvalue weighted by atomic mass is 32.2. The molecule has 0 bridgehead atoms. The number of hydrogen-bond donors (Lipinski definition) is 1. The van der Waals surface area contributed by atoms with E-state index in [9.17, 15) is 4.79 Å². The number of carboxylic acid groups (broad SMARTS) is 1. The third kappa shape index (κ3) is 6.36. The van der Waals surface area contributed by atoms with Gasteiger partial charge in [-0.05, 0) is 48.9 Å². The van der Waals surface area contributed by atoms with Crippen molar-refractivity contribution in [1.82, 2.24) is 9.55 Å². The standard InChI is InChI=1S/C28H28N2O2S/c31-27(32)14-8-7-9-22-15-17-23(18-16-22)19-20-33-28-29-21-26(24-10-3-1-4-11-24)30(28)25-12-5-2-6-13-25/h1-6,10-13,15-18,21H,7-9,14,19-20H2,(H,31,32). The second kappa shape index (κ2) is 11.5. The number of rotatable bonds is 11. The van der Waals surface area contributed by atoms with E-state index in [1.807, 2.05) is 18.3 Å². The number of benzene rings is 3. The van der Waals surface area contributed by atoms with Crippen molar-refractivity contribution >= 4 is 17.7 Å². The zero-order valence-corrected chi connectivity index (χ0v) is 19.4. The first kappa shape index (κ1) is 22.9. The van der Waals surface area contributed by atoms with Gasteiger partial charge in [-0.3, -0.25) is 9.36 Å². The largest absolute Gasteiger partial charge is 0.481 e. The summed E-state index contributed by atoms with van der Waals surface area (Å²) in [6.45, 7) is 0. The maximum absolute atomic E-state index is 10.6. The Bertz CT molecular complexity index is 1160. The molecule has 0 saturated heterocycles. The summed E-state index contributed by atoms with van der Waals surface area (Å²) in [5, 5.41) is 9.74. The molecule has 168 valence electrons. The van der Waals surface area contributed by atoms with Gasteiger partial charge in [-0.15, -0.1) is 0 Å². The number of aryl methyl sites for hydroxylation is 2. The Kier molecular flexibility index (Phi) is 7.99. The number of thioether (sulfide) groups is 1. The molecule has 0 aliphatic heterocycles. The van der Waals surface area contributed by atoms with Crippen LogP contribution in [0.4, 0.5) is 0 Å². The van der Waals surface area contributed by atoms with Crippen molar-refractivity contribution in [2.45, 2.75) is 37.3 Å². The highest BCUT2D eigenvalue weighted by molar-refractivity contribution is 7.99. The molecule has 0 aliphatic carbocycles. The lowest BCUT2D eigenvalue weighted by molar-refractivity contribution is -0.137. The number of imidazole rings is 1. The second-order valence-corrected chi connectivity index (χ2v) is 9.04. The first-order valence-electron chi connectivity index (χ1n) is 11.3. The van der Waals surface area contributed by atoms with Crippen LogP contribution in [-0.2, 0) is 17.6 Å². The number of aliphatic carboxylic acids is 1. The first-order chi connectivity index (χ1) is 16.2. The third-order valence-electron chi connectivity index (χ3n) is 5.56. The number of nitrogens with zero attached hydrogens (tertiary/aromatic N) is 2. The number of hydrogen-bond acceptors (Lipinski definition) is 3. The highest BCUT2D eigenvalue weighted by Gasteiger charge is 2.14. The van der Waals surface area contributed by atoms with Crippen LogP contribution in [0.3, 0.4) is 0 Å². The number of carboxylic acids is 1. The Morgan fingerprint density at radius 2 is 1.45 bits per heavy atom. The molecule has 4 nitrogen and oxygen atoms in total. The molecule has 5 heteroatoms. The molecule has 0 radical (unpaired) electrons. The van der Waals surface area contributed by atoms with E-state index in [2.05, 4.69) is 77.4 Å². The lowest BCUT2D eigenvalue weighted by Gasteiger charge is -2.12. The van der Waals surface area contributed by atoms with Crippen LogP contribution in [-0.4, -0.2) is 26.4 Å². The average molecular weight is 457 g/mol. The van der Waals surface area contributed by atoms with Gasteiger partial charge in [-0.1, -0.05) is 84.6 Å². The maximum atomic E-state index is 10.6. The van der Waals surface area contributed by atoms with E-state index in [1.165, 1.54) is 11.1 Å².